The molecule has 0 atom stereocenters. The van der Waals surface area contributed by atoms with Crippen molar-refractivity contribution in [2.24, 2.45) is 5.41 Å². The average molecular weight is 244 g/mol. The minimum atomic E-state index is -2.70. The monoisotopic (exact) mass is 244 g/mol. The lowest BCUT2D eigenvalue weighted by atomic mass is 9.68. The zero-order chi connectivity index (χ0) is 13.7. The van der Waals surface area contributed by atoms with Crippen molar-refractivity contribution in [2.45, 2.75) is 18.4 Å². The van der Waals surface area contributed by atoms with Crippen LogP contribution in [0.15, 0.2) is 25.3 Å². The van der Waals surface area contributed by atoms with Crippen molar-refractivity contribution >= 4 is 11.9 Å². The maximum absolute atomic E-state index is 11.1. The first-order valence-electron chi connectivity index (χ1n) is 4.84. The molecule has 0 aromatic rings. The molecule has 6 nitrogen and oxygen atoms in total. The summed E-state index contributed by atoms with van der Waals surface area (Å²) in [6, 6.07) is 0. The number of carboxylic acids is 2. The first-order chi connectivity index (χ1) is 7.82. The van der Waals surface area contributed by atoms with Crippen LogP contribution in [0, 0.1) is 5.41 Å². The minimum Gasteiger partial charge on any atom is -0.480 e. The summed E-state index contributed by atoms with van der Waals surface area (Å²) in [5, 5.41) is 37.3. The number of hydrogen-bond acceptors (Lipinski definition) is 4. The molecule has 0 aromatic heterocycles. The van der Waals surface area contributed by atoms with Gasteiger partial charge in [-0.3, -0.25) is 9.59 Å². The Kier molecular flexibility index (Phi) is 5.06. The second-order valence-corrected chi connectivity index (χ2v) is 3.69. The number of aliphatic hydroxyl groups is 2. The third kappa shape index (κ3) is 2.37. The third-order valence-electron chi connectivity index (χ3n) is 2.73. The molecular formula is C11H16O6. The fourth-order valence-corrected chi connectivity index (χ4v) is 1.68. The van der Waals surface area contributed by atoms with Gasteiger partial charge in [-0.2, -0.15) is 0 Å². The second-order valence-electron chi connectivity index (χ2n) is 3.69. The minimum absolute atomic E-state index is 0.293. The van der Waals surface area contributed by atoms with E-state index in [-0.39, 0.29) is 12.8 Å². The van der Waals surface area contributed by atoms with E-state index in [0.29, 0.717) is 0 Å². The van der Waals surface area contributed by atoms with Crippen molar-refractivity contribution < 1.29 is 30.0 Å². The van der Waals surface area contributed by atoms with Crippen LogP contribution >= 0.6 is 0 Å². The van der Waals surface area contributed by atoms with E-state index in [1.165, 1.54) is 12.2 Å². The standard InChI is InChI=1S/C11H16O6/c1-3-5-10(17,6-4-2)11(7-12,8(13)14)9(15)16/h3-4,12,17H,1-2,5-7H2,(H,13,14)(H,15,16). The molecule has 0 amide bonds. The maximum Gasteiger partial charge on any atom is 0.326 e. The number of aliphatic carboxylic acids is 2. The molecule has 0 bridgehead atoms. The van der Waals surface area contributed by atoms with Crippen LogP contribution in [0.4, 0.5) is 0 Å². The lowest BCUT2D eigenvalue weighted by Crippen LogP contribution is -2.60. The van der Waals surface area contributed by atoms with E-state index >= 15 is 0 Å². The van der Waals surface area contributed by atoms with Gasteiger partial charge in [0, 0.05) is 0 Å². The van der Waals surface area contributed by atoms with Gasteiger partial charge >= 0.3 is 11.9 Å². The number of rotatable bonds is 8. The van der Waals surface area contributed by atoms with Gasteiger partial charge in [-0.25, -0.2) is 0 Å². The number of carbonyl (C=O) groups is 2. The smallest absolute Gasteiger partial charge is 0.326 e. The van der Waals surface area contributed by atoms with Gasteiger partial charge in [0.1, 0.15) is 5.60 Å². The van der Waals surface area contributed by atoms with Crippen molar-refractivity contribution in [2.75, 3.05) is 6.61 Å². The Balaban J connectivity index is 5.82. The SMILES string of the molecule is C=CCC(O)(CC=C)C(CO)(C(=O)O)C(=O)O. The zero-order valence-corrected chi connectivity index (χ0v) is 9.30. The lowest BCUT2D eigenvalue weighted by molar-refractivity contribution is -0.191. The quantitative estimate of drug-likeness (QED) is 0.353. The third-order valence-corrected chi connectivity index (χ3v) is 2.73. The van der Waals surface area contributed by atoms with E-state index < -0.39 is 29.6 Å². The molecule has 0 unspecified atom stereocenters. The highest BCUT2D eigenvalue weighted by Gasteiger charge is 2.60. The van der Waals surface area contributed by atoms with Crippen LogP contribution in [0.3, 0.4) is 0 Å². The van der Waals surface area contributed by atoms with E-state index in [9.17, 15) is 14.7 Å². The molecule has 0 fully saturated rings. The van der Waals surface area contributed by atoms with Crippen LogP contribution in [-0.4, -0.2) is 44.6 Å². The Morgan fingerprint density at radius 3 is 1.59 bits per heavy atom. The Bertz CT molecular complexity index is 309. The predicted octanol–water partition coefficient (Wildman–Crippen LogP) is 0.0176. The van der Waals surface area contributed by atoms with Crippen molar-refractivity contribution in [1.29, 1.82) is 0 Å². The topological polar surface area (TPSA) is 115 Å². The molecule has 0 heterocycles. The number of carboxylic acid groups (broad SMARTS) is 2. The number of hydrogen-bond donors (Lipinski definition) is 4. The van der Waals surface area contributed by atoms with Crippen molar-refractivity contribution in [1.82, 2.24) is 0 Å². The van der Waals surface area contributed by atoms with E-state index in [4.69, 9.17) is 15.3 Å². The summed E-state index contributed by atoms with van der Waals surface area (Å²) >= 11 is 0. The summed E-state index contributed by atoms with van der Waals surface area (Å²) in [6.07, 6.45) is 1.80. The van der Waals surface area contributed by atoms with E-state index in [2.05, 4.69) is 13.2 Å². The maximum atomic E-state index is 11.1. The first-order valence-corrected chi connectivity index (χ1v) is 4.84. The summed E-state index contributed by atoms with van der Waals surface area (Å²) in [4.78, 5) is 22.2. The Morgan fingerprint density at radius 2 is 1.41 bits per heavy atom. The Morgan fingerprint density at radius 1 is 1.06 bits per heavy atom. The van der Waals surface area contributed by atoms with Gasteiger partial charge in [0.05, 0.1) is 6.61 Å². The van der Waals surface area contributed by atoms with Crippen LogP contribution in [0.5, 0.6) is 0 Å². The fraction of sp³-hybridized carbons (Fsp3) is 0.455. The number of aliphatic hydroxyl groups excluding tert-OH is 1. The van der Waals surface area contributed by atoms with E-state index in [1.54, 1.807) is 0 Å². The summed E-state index contributed by atoms with van der Waals surface area (Å²) in [5.74, 6) is -3.61. The summed E-state index contributed by atoms with van der Waals surface area (Å²) in [7, 11) is 0. The Hall–Kier alpha value is -1.66. The van der Waals surface area contributed by atoms with Gasteiger partial charge in [0.2, 0.25) is 5.41 Å². The molecule has 0 aliphatic rings. The van der Waals surface area contributed by atoms with Gasteiger partial charge in [0.15, 0.2) is 0 Å². The highest BCUT2D eigenvalue weighted by atomic mass is 16.4. The molecule has 4 N–H and O–H groups in total. The summed E-state index contributed by atoms with van der Waals surface area (Å²) in [5.41, 5.74) is -4.88. The van der Waals surface area contributed by atoms with Gasteiger partial charge in [-0.15, -0.1) is 13.2 Å². The van der Waals surface area contributed by atoms with Crippen LogP contribution in [0.2, 0.25) is 0 Å². The molecule has 17 heavy (non-hydrogen) atoms. The highest BCUT2D eigenvalue weighted by molar-refractivity contribution is 6.00. The molecule has 0 saturated heterocycles. The summed E-state index contributed by atoms with van der Waals surface area (Å²) in [6.45, 7) is 5.44. The van der Waals surface area contributed by atoms with Crippen LogP contribution < -0.4 is 0 Å². The van der Waals surface area contributed by atoms with Gasteiger partial charge in [0.25, 0.3) is 0 Å². The van der Waals surface area contributed by atoms with E-state index in [0.717, 1.165) is 0 Å². The van der Waals surface area contributed by atoms with Crippen LogP contribution in [0.1, 0.15) is 12.8 Å². The molecule has 0 rings (SSSR count). The van der Waals surface area contributed by atoms with Crippen molar-refractivity contribution in [3.63, 3.8) is 0 Å². The normalized spacial score (nSPS) is 11.9. The molecular weight excluding hydrogens is 228 g/mol. The second kappa shape index (κ2) is 5.60. The van der Waals surface area contributed by atoms with E-state index in [1.807, 2.05) is 0 Å². The van der Waals surface area contributed by atoms with Gasteiger partial charge in [-0.05, 0) is 12.8 Å². The molecule has 0 saturated carbocycles. The molecule has 0 aromatic carbocycles. The van der Waals surface area contributed by atoms with Crippen molar-refractivity contribution in [3.05, 3.63) is 25.3 Å². The van der Waals surface area contributed by atoms with Crippen molar-refractivity contribution in [3.8, 4) is 0 Å². The van der Waals surface area contributed by atoms with Gasteiger partial charge in [-0.1, -0.05) is 12.2 Å². The lowest BCUT2D eigenvalue weighted by Gasteiger charge is -2.39. The molecule has 96 valence electrons. The molecule has 6 heteroatoms. The van der Waals surface area contributed by atoms with Gasteiger partial charge < -0.3 is 20.4 Å². The first kappa shape index (κ1) is 15.3. The highest BCUT2D eigenvalue weighted by Crippen LogP contribution is 2.38. The molecule has 0 radical (unpaired) electrons. The van der Waals surface area contributed by atoms with Crippen LogP contribution in [0.25, 0.3) is 0 Å². The average Bonchev–Trinajstić information content (AvgIpc) is 2.18. The molecule has 0 spiro atoms. The molecule has 0 aliphatic carbocycles. The largest absolute Gasteiger partial charge is 0.480 e. The molecule has 0 aliphatic heterocycles. The fourth-order valence-electron chi connectivity index (χ4n) is 1.68. The zero-order valence-electron chi connectivity index (χ0n) is 9.30. The van der Waals surface area contributed by atoms with Crippen LogP contribution in [-0.2, 0) is 9.59 Å². The summed E-state index contributed by atoms with van der Waals surface area (Å²) < 4.78 is 0. The Labute approximate surface area is 98.5 Å². The predicted molar refractivity (Wildman–Crippen MR) is 59.4 cm³/mol.